The minimum Gasteiger partial charge on any atom is -0.481 e. The van der Waals surface area contributed by atoms with Crippen LogP contribution in [0, 0.1) is 5.92 Å². The number of aliphatic carboxylic acids is 1. The Hall–Kier alpha value is -2.04. The lowest BCUT2D eigenvalue weighted by atomic mass is 10.1. The number of rotatable bonds is 5. The summed E-state index contributed by atoms with van der Waals surface area (Å²) in [7, 11) is 1.81. The summed E-state index contributed by atoms with van der Waals surface area (Å²) >= 11 is 0. The van der Waals surface area contributed by atoms with Crippen molar-refractivity contribution in [2.45, 2.75) is 32.1 Å². The zero-order valence-electron chi connectivity index (χ0n) is 12.3. The molecule has 1 aliphatic carbocycles. The van der Waals surface area contributed by atoms with Crippen LogP contribution in [0.25, 0.3) is 0 Å². The van der Waals surface area contributed by atoms with Gasteiger partial charge in [-0.2, -0.15) is 0 Å². The van der Waals surface area contributed by atoms with E-state index in [0.717, 1.165) is 12.1 Å². The third-order valence-corrected chi connectivity index (χ3v) is 3.91. The van der Waals surface area contributed by atoms with Crippen molar-refractivity contribution in [2.24, 2.45) is 5.92 Å². The molecule has 5 heteroatoms. The van der Waals surface area contributed by atoms with Crippen molar-refractivity contribution in [3.8, 4) is 0 Å². The molecule has 1 aromatic carbocycles. The third-order valence-electron chi connectivity index (χ3n) is 3.91. The molecular weight excluding hydrogens is 268 g/mol. The summed E-state index contributed by atoms with van der Waals surface area (Å²) in [5, 5.41) is 11.5. The largest absolute Gasteiger partial charge is 0.481 e. The van der Waals surface area contributed by atoms with E-state index in [-0.39, 0.29) is 12.5 Å². The van der Waals surface area contributed by atoms with Gasteiger partial charge in [-0.25, -0.2) is 4.79 Å². The van der Waals surface area contributed by atoms with Crippen LogP contribution in [0.5, 0.6) is 0 Å². The standard InChI is InChI=1S/C16H22N2O3/c1-18(11-13-4-2-3-5-13)16(21)17-14-8-6-12(7-9-14)10-15(19)20/h6-9,13H,2-5,10-11H2,1H3,(H,17,21)(H,19,20). The van der Waals surface area contributed by atoms with Crippen LogP contribution in [-0.2, 0) is 11.2 Å². The quantitative estimate of drug-likeness (QED) is 0.876. The molecule has 0 radical (unpaired) electrons. The van der Waals surface area contributed by atoms with E-state index in [0.29, 0.717) is 11.6 Å². The number of benzene rings is 1. The van der Waals surface area contributed by atoms with Crippen molar-refractivity contribution in [3.63, 3.8) is 0 Å². The van der Waals surface area contributed by atoms with Crippen molar-refractivity contribution in [3.05, 3.63) is 29.8 Å². The molecule has 0 atom stereocenters. The summed E-state index contributed by atoms with van der Waals surface area (Å²) in [5.41, 5.74) is 1.41. The molecule has 114 valence electrons. The predicted octanol–water partition coefficient (Wildman–Crippen LogP) is 2.97. The van der Waals surface area contributed by atoms with E-state index >= 15 is 0 Å². The van der Waals surface area contributed by atoms with Gasteiger partial charge in [-0.1, -0.05) is 25.0 Å². The van der Waals surface area contributed by atoms with E-state index in [1.165, 1.54) is 25.7 Å². The molecule has 0 saturated heterocycles. The number of carbonyl (C=O) groups excluding carboxylic acids is 1. The van der Waals surface area contributed by atoms with Crippen molar-refractivity contribution < 1.29 is 14.7 Å². The average Bonchev–Trinajstić information content (AvgIpc) is 2.93. The Balaban J connectivity index is 1.84. The highest BCUT2D eigenvalue weighted by Gasteiger charge is 2.19. The Kier molecular flexibility index (Phi) is 5.20. The van der Waals surface area contributed by atoms with E-state index < -0.39 is 5.97 Å². The van der Waals surface area contributed by atoms with E-state index in [1.54, 1.807) is 29.2 Å². The Morgan fingerprint density at radius 3 is 2.43 bits per heavy atom. The molecule has 0 bridgehead atoms. The first-order valence-electron chi connectivity index (χ1n) is 7.37. The van der Waals surface area contributed by atoms with Gasteiger partial charge in [0.15, 0.2) is 0 Å². The predicted molar refractivity (Wildman–Crippen MR) is 81.4 cm³/mol. The van der Waals surface area contributed by atoms with Crippen LogP contribution in [-0.4, -0.2) is 35.6 Å². The van der Waals surface area contributed by atoms with Crippen LogP contribution in [0.15, 0.2) is 24.3 Å². The lowest BCUT2D eigenvalue weighted by Crippen LogP contribution is -2.34. The van der Waals surface area contributed by atoms with E-state index in [4.69, 9.17) is 5.11 Å². The number of nitrogens with one attached hydrogen (secondary N) is 1. The fraction of sp³-hybridized carbons (Fsp3) is 0.500. The Bertz CT molecular complexity index is 493. The van der Waals surface area contributed by atoms with Gasteiger partial charge in [-0.05, 0) is 36.5 Å². The molecular formula is C16H22N2O3. The molecule has 0 unspecified atom stereocenters. The number of urea groups is 1. The smallest absolute Gasteiger partial charge is 0.321 e. The molecule has 1 aliphatic rings. The number of amides is 2. The first kappa shape index (κ1) is 15.4. The lowest BCUT2D eigenvalue weighted by Gasteiger charge is -2.21. The van der Waals surface area contributed by atoms with Crippen molar-refractivity contribution in [1.82, 2.24) is 4.90 Å². The monoisotopic (exact) mass is 290 g/mol. The highest BCUT2D eigenvalue weighted by molar-refractivity contribution is 5.89. The summed E-state index contributed by atoms with van der Waals surface area (Å²) in [4.78, 5) is 24.4. The van der Waals surface area contributed by atoms with Gasteiger partial charge >= 0.3 is 12.0 Å². The van der Waals surface area contributed by atoms with Crippen LogP contribution >= 0.6 is 0 Å². The summed E-state index contributed by atoms with van der Waals surface area (Å²) in [6.45, 7) is 0.795. The molecule has 2 rings (SSSR count). The topological polar surface area (TPSA) is 69.6 Å². The summed E-state index contributed by atoms with van der Waals surface area (Å²) in [6, 6.07) is 6.80. The Morgan fingerprint density at radius 1 is 1.24 bits per heavy atom. The molecule has 5 nitrogen and oxygen atoms in total. The first-order valence-corrected chi connectivity index (χ1v) is 7.37. The molecule has 0 aromatic heterocycles. The fourth-order valence-corrected chi connectivity index (χ4v) is 2.76. The van der Waals surface area contributed by atoms with Crippen molar-refractivity contribution in [1.29, 1.82) is 0 Å². The minimum atomic E-state index is -0.858. The highest BCUT2D eigenvalue weighted by atomic mass is 16.4. The highest BCUT2D eigenvalue weighted by Crippen LogP contribution is 2.25. The number of hydrogen-bond acceptors (Lipinski definition) is 2. The Morgan fingerprint density at radius 2 is 1.86 bits per heavy atom. The number of carboxylic acids is 1. The van der Waals surface area contributed by atoms with Crippen molar-refractivity contribution in [2.75, 3.05) is 18.9 Å². The van der Waals surface area contributed by atoms with E-state index in [1.807, 2.05) is 7.05 Å². The molecule has 0 heterocycles. The van der Waals surface area contributed by atoms with E-state index in [2.05, 4.69) is 5.32 Å². The molecule has 21 heavy (non-hydrogen) atoms. The van der Waals surface area contributed by atoms with Gasteiger partial charge < -0.3 is 15.3 Å². The van der Waals surface area contributed by atoms with Crippen LogP contribution < -0.4 is 5.32 Å². The van der Waals surface area contributed by atoms with Gasteiger partial charge in [0.25, 0.3) is 0 Å². The molecule has 0 spiro atoms. The number of anilines is 1. The van der Waals surface area contributed by atoms with E-state index in [9.17, 15) is 9.59 Å². The molecule has 2 amide bonds. The van der Waals surface area contributed by atoms with Gasteiger partial charge in [0.1, 0.15) is 0 Å². The van der Waals surface area contributed by atoms with Crippen LogP contribution in [0.2, 0.25) is 0 Å². The summed E-state index contributed by atoms with van der Waals surface area (Å²) < 4.78 is 0. The van der Waals surface area contributed by atoms with Crippen LogP contribution in [0.4, 0.5) is 10.5 Å². The van der Waals surface area contributed by atoms with Gasteiger partial charge in [0.2, 0.25) is 0 Å². The number of hydrogen-bond donors (Lipinski definition) is 2. The second-order valence-corrected chi connectivity index (χ2v) is 5.73. The van der Waals surface area contributed by atoms with Crippen LogP contribution in [0.3, 0.4) is 0 Å². The van der Waals surface area contributed by atoms with Crippen LogP contribution in [0.1, 0.15) is 31.2 Å². The maximum absolute atomic E-state index is 12.1. The molecule has 1 saturated carbocycles. The number of nitrogens with zero attached hydrogens (tertiary/aromatic N) is 1. The second-order valence-electron chi connectivity index (χ2n) is 5.73. The zero-order valence-corrected chi connectivity index (χ0v) is 12.3. The fourth-order valence-electron chi connectivity index (χ4n) is 2.76. The molecule has 1 fully saturated rings. The second kappa shape index (κ2) is 7.11. The molecule has 2 N–H and O–H groups in total. The third kappa shape index (κ3) is 4.77. The Labute approximate surface area is 125 Å². The normalized spacial score (nSPS) is 14.9. The summed E-state index contributed by atoms with van der Waals surface area (Å²) in [5.74, 6) is -0.234. The first-order chi connectivity index (χ1) is 10.0. The van der Waals surface area contributed by atoms with Gasteiger partial charge in [0, 0.05) is 19.3 Å². The maximum Gasteiger partial charge on any atom is 0.321 e. The average molecular weight is 290 g/mol. The lowest BCUT2D eigenvalue weighted by molar-refractivity contribution is -0.136. The SMILES string of the molecule is CN(CC1CCCC1)C(=O)Nc1ccc(CC(=O)O)cc1. The minimum absolute atomic E-state index is 0.00416. The molecule has 0 aliphatic heterocycles. The molecule has 1 aromatic rings. The van der Waals surface area contributed by atoms with Gasteiger partial charge in [-0.3, -0.25) is 4.79 Å². The van der Waals surface area contributed by atoms with Crippen molar-refractivity contribution >= 4 is 17.7 Å². The van der Waals surface area contributed by atoms with Gasteiger partial charge in [0.05, 0.1) is 6.42 Å². The zero-order chi connectivity index (χ0) is 15.2. The summed E-state index contributed by atoms with van der Waals surface area (Å²) in [6.07, 6.45) is 4.95. The number of carbonyl (C=O) groups is 2. The number of carboxylic acid groups (broad SMARTS) is 1. The maximum atomic E-state index is 12.1. The van der Waals surface area contributed by atoms with Gasteiger partial charge in [-0.15, -0.1) is 0 Å².